The number of halogens is 1. The van der Waals surface area contributed by atoms with Gasteiger partial charge in [0.2, 0.25) is 0 Å². The van der Waals surface area contributed by atoms with Crippen molar-refractivity contribution < 1.29 is 0 Å². The van der Waals surface area contributed by atoms with Crippen LogP contribution in [0, 0.1) is 10.5 Å². The molecule has 0 bridgehead atoms. The first-order valence-electron chi connectivity index (χ1n) is 5.13. The second kappa shape index (κ2) is 3.34. The van der Waals surface area contributed by atoms with E-state index >= 15 is 0 Å². The third-order valence-corrected chi connectivity index (χ3v) is 3.53. The number of hydrogen-bond donors (Lipinski definition) is 0. The number of benzene rings is 2. The van der Waals surface area contributed by atoms with E-state index in [1.807, 2.05) is 0 Å². The molecule has 0 N–H and O–H groups in total. The Balaban J connectivity index is 2.52. The van der Waals surface area contributed by atoms with Gasteiger partial charge in [-0.3, -0.25) is 0 Å². The SMILES string of the molecule is Cc1cc2c3c(cc(I)cc3c1)CC=C2. The van der Waals surface area contributed by atoms with E-state index in [1.165, 1.54) is 31.0 Å². The average molecular weight is 306 g/mol. The Bertz CT molecular complexity index is 574. The van der Waals surface area contributed by atoms with E-state index in [-0.39, 0.29) is 0 Å². The lowest BCUT2D eigenvalue weighted by atomic mass is 9.92. The molecule has 1 heteroatoms. The van der Waals surface area contributed by atoms with Gasteiger partial charge in [0.15, 0.2) is 0 Å². The van der Waals surface area contributed by atoms with Crippen LogP contribution in [-0.4, -0.2) is 0 Å². The Morgan fingerprint density at radius 2 is 2.00 bits per heavy atom. The molecule has 3 rings (SSSR count). The second-order valence-corrected chi connectivity index (χ2v) is 5.37. The maximum absolute atomic E-state index is 2.40. The van der Waals surface area contributed by atoms with Crippen molar-refractivity contribution in [2.75, 3.05) is 0 Å². The highest BCUT2D eigenvalue weighted by molar-refractivity contribution is 14.1. The van der Waals surface area contributed by atoms with E-state index in [9.17, 15) is 0 Å². The van der Waals surface area contributed by atoms with Gasteiger partial charge in [-0.2, -0.15) is 0 Å². The predicted molar refractivity (Wildman–Crippen MR) is 74.1 cm³/mol. The lowest BCUT2D eigenvalue weighted by Crippen LogP contribution is -1.94. The molecule has 0 aromatic heterocycles. The first-order valence-corrected chi connectivity index (χ1v) is 6.21. The van der Waals surface area contributed by atoms with Gasteiger partial charge >= 0.3 is 0 Å². The quantitative estimate of drug-likeness (QED) is 0.636. The van der Waals surface area contributed by atoms with Crippen molar-refractivity contribution in [3.8, 4) is 0 Å². The molecule has 0 fully saturated rings. The predicted octanol–water partition coefficient (Wildman–Crippen LogP) is 4.32. The summed E-state index contributed by atoms with van der Waals surface area (Å²) >= 11 is 2.40. The maximum atomic E-state index is 2.40. The monoisotopic (exact) mass is 306 g/mol. The summed E-state index contributed by atoms with van der Waals surface area (Å²) in [6.45, 7) is 2.16. The molecule has 1 aliphatic carbocycles. The van der Waals surface area contributed by atoms with Crippen LogP contribution < -0.4 is 0 Å². The first-order chi connectivity index (χ1) is 7.24. The Morgan fingerprint density at radius 3 is 2.87 bits per heavy atom. The average Bonchev–Trinajstić information content (AvgIpc) is 2.16. The lowest BCUT2D eigenvalue weighted by molar-refractivity contribution is 1.28. The van der Waals surface area contributed by atoms with Crippen LogP contribution in [0.15, 0.2) is 30.3 Å². The smallest absolute Gasteiger partial charge is 0.0139 e. The zero-order chi connectivity index (χ0) is 10.4. The summed E-state index contributed by atoms with van der Waals surface area (Å²) in [5, 5.41) is 2.83. The fourth-order valence-corrected chi connectivity index (χ4v) is 3.07. The Morgan fingerprint density at radius 1 is 1.13 bits per heavy atom. The molecule has 1 aliphatic rings. The van der Waals surface area contributed by atoms with Gasteiger partial charge in [-0.25, -0.2) is 0 Å². The van der Waals surface area contributed by atoms with Crippen LogP contribution in [0.4, 0.5) is 0 Å². The van der Waals surface area contributed by atoms with Crippen molar-refractivity contribution in [2.24, 2.45) is 0 Å². The zero-order valence-corrected chi connectivity index (χ0v) is 10.7. The third kappa shape index (κ3) is 1.49. The van der Waals surface area contributed by atoms with Crippen molar-refractivity contribution >= 4 is 39.4 Å². The molecule has 15 heavy (non-hydrogen) atoms. The molecular formula is C14H11I. The van der Waals surface area contributed by atoms with Crippen LogP contribution in [0.2, 0.25) is 0 Å². The van der Waals surface area contributed by atoms with Crippen LogP contribution in [0.1, 0.15) is 16.7 Å². The minimum absolute atomic E-state index is 1.07. The summed E-state index contributed by atoms with van der Waals surface area (Å²) in [5.74, 6) is 0. The van der Waals surface area contributed by atoms with E-state index in [2.05, 4.69) is 65.9 Å². The molecule has 0 amide bonds. The standard InChI is InChI=1S/C14H11I/c1-9-5-10-3-2-4-11-7-13(15)8-12(6-9)14(10)11/h2-3,5-8H,4H2,1H3. The summed E-state index contributed by atoms with van der Waals surface area (Å²) in [6, 6.07) is 9.12. The molecule has 0 unspecified atom stereocenters. The number of allylic oxidation sites excluding steroid dienone is 1. The summed E-state index contributed by atoms with van der Waals surface area (Å²) in [7, 11) is 0. The highest BCUT2D eigenvalue weighted by atomic mass is 127. The van der Waals surface area contributed by atoms with Gasteiger partial charge in [0, 0.05) is 3.57 Å². The molecule has 0 atom stereocenters. The van der Waals surface area contributed by atoms with Gasteiger partial charge in [-0.15, -0.1) is 0 Å². The van der Waals surface area contributed by atoms with Crippen molar-refractivity contribution in [2.45, 2.75) is 13.3 Å². The number of aryl methyl sites for hydroxylation is 1. The fraction of sp³-hybridized carbons (Fsp3) is 0.143. The largest absolute Gasteiger partial charge is 0.0795 e. The van der Waals surface area contributed by atoms with Crippen molar-refractivity contribution in [1.29, 1.82) is 0 Å². The van der Waals surface area contributed by atoms with Crippen molar-refractivity contribution in [1.82, 2.24) is 0 Å². The van der Waals surface area contributed by atoms with Crippen LogP contribution >= 0.6 is 22.6 Å². The molecule has 0 spiro atoms. The molecular weight excluding hydrogens is 295 g/mol. The highest BCUT2D eigenvalue weighted by Gasteiger charge is 2.09. The molecule has 2 aromatic carbocycles. The lowest BCUT2D eigenvalue weighted by Gasteiger charge is -2.14. The van der Waals surface area contributed by atoms with Gasteiger partial charge in [0.1, 0.15) is 0 Å². The Hall–Kier alpha value is -0.830. The minimum atomic E-state index is 1.07. The summed E-state index contributed by atoms with van der Waals surface area (Å²) in [5.41, 5.74) is 4.19. The van der Waals surface area contributed by atoms with Crippen LogP contribution in [-0.2, 0) is 6.42 Å². The maximum Gasteiger partial charge on any atom is 0.0139 e. The van der Waals surface area contributed by atoms with E-state index in [0.29, 0.717) is 0 Å². The van der Waals surface area contributed by atoms with Crippen molar-refractivity contribution in [3.63, 3.8) is 0 Å². The normalized spacial score (nSPS) is 13.5. The van der Waals surface area contributed by atoms with Crippen LogP contribution in [0.25, 0.3) is 16.8 Å². The zero-order valence-electron chi connectivity index (χ0n) is 8.55. The third-order valence-electron chi connectivity index (χ3n) is 2.91. The fourth-order valence-electron chi connectivity index (χ4n) is 2.36. The van der Waals surface area contributed by atoms with Crippen molar-refractivity contribution in [3.05, 3.63) is 50.6 Å². The molecule has 0 heterocycles. The van der Waals surface area contributed by atoms with E-state index in [4.69, 9.17) is 0 Å². The van der Waals surface area contributed by atoms with Gasteiger partial charge in [0.25, 0.3) is 0 Å². The van der Waals surface area contributed by atoms with Gasteiger partial charge in [-0.05, 0) is 75.5 Å². The van der Waals surface area contributed by atoms with Gasteiger partial charge < -0.3 is 0 Å². The molecule has 0 saturated carbocycles. The van der Waals surface area contributed by atoms with Crippen LogP contribution in [0.5, 0.6) is 0 Å². The second-order valence-electron chi connectivity index (χ2n) is 4.12. The number of rotatable bonds is 0. The molecule has 0 saturated heterocycles. The molecule has 0 nitrogen and oxygen atoms in total. The van der Waals surface area contributed by atoms with Gasteiger partial charge in [-0.1, -0.05) is 24.3 Å². The molecule has 2 aromatic rings. The first kappa shape index (κ1) is 9.40. The summed E-state index contributed by atoms with van der Waals surface area (Å²) in [4.78, 5) is 0. The van der Waals surface area contributed by atoms with Crippen LogP contribution in [0.3, 0.4) is 0 Å². The Labute approximate surface area is 103 Å². The topological polar surface area (TPSA) is 0 Å². The summed E-state index contributed by atoms with van der Waals surface area (Å²) in [6.07, 6.45) is 5.57. The van der Waals surface area contributed by atoms with E-state index < -0.39 is 0 Å². The minimum Gasteiger partial charge on any atom is -0.0795 e. The molecule has 0 radical (unpaired) electrons. The number of hydrogen-bond acceptors (Lipinski definition) is 0. The Kier molecular flexibility index (Phi) is 2.09. The van der Waals surface area contributed by atoms with E-state index in [1.54, 1.807) is 0 Å². The highest BCUT2D eigenvalue weighted by Crippen LogP contribution is 2.31. The van der Waals surface area contributed by atoms with E-state index in [0.717, 1.165) is 6.42 Å². The molecule has 74 valence electrons. The molecule has 0 aliphatic heterocycles. The summed E-state index contributed by atoms with van der Waals surface area (Å²) < 4.78 is 1.34. The van der Waals surface area contributed by atoms with Gasteiger partial charge in [0.05, 0.1) is 0 Å².